The van der Waals surface area contributed by atoms with E-state index in [2.05, 4.69) is 10.3 Å². The van der Waals surface area contributed by atoms with E-state index in [4.69, 9.17) is 16.3 Å². The summed E-state index contributed by atoms with van der Waals surface area (Å²) in [6, 6.07) is 10.0. The molecule has 0 fully saturated rings. The summed E-state index contributed by atoms with van der Waals surface area (Å²) < 4.78 is 5.45. The van der Waals surface area contributed by atoms with Crippen LogP contribution in [-0.2, 0) is 0 Å². The molecule has 0 saturated carbocycles. The summed E-state index contributed by atoms with van der Waals surface area (Å²) >= 11 is 6.20. The van der Waals surface area contributed by atoms with Crippen molar-refractivity contribution in [1.82, 2.24) is 10.3 Å². The van der Waals surface area contributed by atoms with E-state index in [9.17, 15) is 0 Å². The van der Waals surface area contributed by atoms with E-state index in [-0.39, 0.29) is 6.04 Å². The van der Waals surface area contributed by atoms with Gasteiger partial charge in [-0.3, -0.25) is 4.98 Å². The number of pyridine rings is 1. The summed E-state index contributed by atoms with van der Waals surface area (Å²) in [6.45, 7) is 2.64. The largest absolute Gasteiger partial charge is 0.494 e. The summed E-state index contributed by atoms with van der Waals surface area (Å²) in [5.41, 5.74) is 2.15. The number of rotatable bonds is 5. The number of hydrogen-bond donors (Lipinski definition) is 1. The summed E-state index contributed by atoms with van der Waals surface area (Å²) in [4.78, 5) is 4.01. The van der Waals surface area contributed by atoms with E-state index < -0.39 is 0 Å². The third kappa shape index (κ3) is 3.25. The van der Waals surface area contributed by atoms with Crippen LogP contribution in [0.5, 0.6) is 5.75 Å². The van der Waals surface area contributed by atoms with Crippen molar-refractivity contribution in [2.45, 2.75) is 13.0 Å². The van der Waals surface area contributed by atoms with Crippen LogP contribution in [0.15, 0.2) is 42.7 Å². The maximum atomic E-state index is 6.20. The lowest BCUT2D eigenvalue weighted by atomic mass is 10.00. The van der Waals surface area contributed by atoms with Gasteiger partial charge < -0.3 is 10.1 Å². The topological polar surface area (TPSA) is 34.1 Å². The first-order valence-corrected chi connectivity index (χ1v) is 6.63. The second-order valence-corrected chi connectivity index (χ2v) is 4.53. The molecule has 100 valence electrons. The highest BCUT2D eigenvalue weighted by Gasteiger charge is 2.14. The van der Waals surface area contributed by atoms with Crippen LogP contribution < -0.4 is 10.1 Å². The third-order valence-electron chi connectivity index (χ3n) is 2.93. The minimum atomic E-state index is 0.0474. The van der Waals surface area contributed by atoms with Crippen molar-refractivity contribution in [3.8, 4) is 5.75 Å². The fraction of sp³-hybridized carbons (Fsp3) is 0.267. The molecular formula is C15H17ClN2O. The monoisotopic (exact) mass is 276 g/mol. The molecule has 0 bridgehead atoms. The van der Waals surface area contributed by atoms with Gasteiger partial charge in [0.25, 0.3) is 0 Å². The van der Waals surface area contributed by atoms with Gasteiger partial charge in [-0.15, -0.1) is 0 Å². The average molecular weight is 277 g/mol. The molecular weight excluding hydrogens is 260 g/mol. The van der Waals surface area contributed by atoms with Gasteiger partial charge in [-0.05, 0) is 43.3 Å². The minimum absolute atomic E-state index is 0.0474. The highest BCUT2D eigenvalue weighted by Crippen LogP contribution is 2.28. The quantitative estimate of drug-likeness (QED) is 0.908. The van der Waals surface area contributed by atoms with Gasteiger partial charge in [0.2, 0.25) is 0 Å². The van der Waals surface area contributed by atoms with E-state index in [1.807, 2.05) is 44.3 Å². The standard InChI is InChI=1S/C15H17ClN2O/c1-3-19-12-6-4-11(5-7-12)15(17-2)13-8-9-18-10-14(13)16/h4-10,15,17H,3H2,1-2H3. The molecule has 1 unspecified atom stereocenters. The molecule has 0 radical (unpaired) electrons. The first-order chi connectivity index (χ1) is 9.26. The molecule has 2 aromatic rings. The number of nitrogens with one attached hydrogen (secondary N) is 1. The Balaban J connectivity index is 2.29. The number of nitrogens with zero attached hydrogens (tertiary/aromatic N) is 1. The Hall–Kier alpha value is -1.58. The Morgan fingerprint density at radius 2 is 2.00 bits per heavy atom. The van der Waals surface area contributed by atoms with Crippen LogP contribution in [0.25, 0.3) is 0 Å². The maximum Gasteiger partial charge on any atom is 0.119 e. The van der Waals surface area contributed by atoms with Crippen molar-refractivity contribution in [2.75, 3.05) is 13.7 Å². The fourth-order valence-electron chi connectivity index (χ4n) is 2.04. The molecule has 1 heterocycles. The van der Waals surface area contributed by atoms with Gasteiger partial charge >= 0.3 is 0 Å². The van der Waals surface area contributed by atoms with Crippen LogP contribution in [0.1, 0.15) is 24.1 Å². The van der Waals surface area contributed by atoms with E-state index >= 15 is 0 Å². The van der Waals surface area contributed by atoms with Crippen LogP contribution in [0.2, 0.25) is 5.02 Å². The Morgan fingerprint density at radius 3 is 2.58 bits per heavy atom. The fourth-order valence-corrected chi connectivity index (χ4v) is 2.27. The molecule has 0 aliphatic rings. The van der Waals surface area contributed by atoms with Crippen molar-refractivity contribution in [1.29, 1.82) is 0 Å². The van der Waals surface area contributed by atoms with Gasteiger partial charge in [0.1, 0.15) is 5.75 Å². The number of benzene rings is 1. The van der Waals surface area contributed by atoms with E-state index in [1.54, 1.807) is 12.4 Å². The van der Waals surface area contributed by atoms with Crippen LogP contribution in [-0.4, -0.2) is 18.6 Å². The lowest BCUT2D eigenvalue weighted by Crippen LogP contribution is -2.18. The van der Waals surface area contributed by atoms with Gasteiger partial charge in [0, 0.05) is 12.4 Å². The molecule has 1 atom stereocenters. The Labute approximate surface area is 118 Å². The van der Waals surface area contributed by atoms with Crippen molar-refractivity contribution in [3.05, 3.63) is 58.9 Å². The van der Waals surface area contributed by atoms with E-state index in [1.165, 1.54) is 0 Å². The molecule has 0 saturated heterocycles. The summed E-state index contributed by atoms with van der Waals surface area (Å²) in [6.07, 6.45) is 3.41. The number of ether oxygens (including phenoxy) is 1. The highest BCUT2D eigenvalue weighted by molar-refractivity contribution is 6.31. The maximum absolute atomic E-state index is 6.20. The number of halogens is 1. The van der Waals surface area contributed by atoms with Gasteiger partial charge in [-0.2, -0.15) is 0 Å². The van der Waals surface area contributed by atoms with Gasteiger partial charge in [-0.25, -0.2) is 0 Å². The zero-order valence-electron chi connectivity index (χ0n) is 11.1. The molecule has 0 aliphatic heterocycles. The lowest BCUT2D eigenvalue weighted by Gasteiger charge is -2.18. The molecule has 0 amide bonds. The first kappa shape index (κ1) is 13.8. The molecule has 1 aromatic carbocycles. The van der Waals surface area contributed by atoms with Gasteiger partial charge in [0.15, 0.2) is 0 Å². The van der Waals surface area contributed by atoms with Crippen LogP contribution in [0.4, 0.5) is 0 Å². The molecule has 1 N–H and O–H groups in total. The second kappa shape index (κ2) is 6.55. The zero-order valence-corrected chi connectivity index (χ0v) is 11.8. The van der Waals surface area contributed by atoms with Crippen molar-refractivity contribution in [2.24, 2.45) is 0 Å². The Kier molecular flexibility index (Phi) is 4.77. The minimum Gasteiger partial charge on any atom is -0.494 e. The van der Waals surface area contributed by atoms with Gasteiger partial charge in [0.05, 0.1) is 17.7 Å². The smallest absolute Gasteiger partial charge is 0.119 e. The zero-order chi connectivity index (χ0) is 13.7. The predicted molar refractivity (Wildman–Crippen MR) is 77.8 cm³/mol. The van der Waals surface area contributed by atoms with Gasteiger partial charge in [-0.1, -0.05) is 23.7 Å². The summed E-state index contributed by atoms with van der Waals surface area (Å²) in [5, 5.41) is 3.94. The Bertz CT molecular complexity index is 528. The molecule has 0 aliphatic carbocycles. The molecule has 4 heteroatoms. The van der Waals surface area contributed by atoms with E-state index in [0.717, 1.165) is 16.9 Å². The van der Waals surface area contributed by atoms with Crippen molar-refractivity contribution in [3.63, 3.8) is 0 Å². The van der Waals surface area contributed by atoms with Crippen LogP contribution >= 0.6 is 11.6 Å². The first-order valence-electron chi connectivity index (χ1n) is 6.25. The molecule has 2 rings (SSSR count). The van der Waals surface area contributed by atoms with Crippen molar-refractivity contribution >= 4 is 11.6 Å². The molecule has 0 spiro atoms. The average Bonchev–Trinajstić information content (AvgIpc) is 2.44. The van der Waals surface area contributed by atoms with Crippen LogP contribution in [0.3, 0.4) is 0 Å². The molecule has 3 nitrogen and oxygen atoms in total. The van der Waals surface area contributed by atoms with Crippen molar-refractivity contribution < 1.29 is 4.74 Å². The Morgan fingerprint density at radius 1 is 1.26 bits per heavy atom. The van der Waals surface area contributed by atoms with Crippen LogP contribution in [0, 0.1) is 0 Å². The summed E-state index contributed by atoms with van der Waals surface area (Å²) in [5.74, 6) is 0.877. The third-order valence-corrected chi connectivity index (χ3v) is 3.24. The molecule has 1 aromatic heterocycles. The lowest BCUT2D eigenvalue weighted by molar-refractivity contribution is 0.340. The summed E-state index contributed by atoms with van der Waals surface area (Å²) in [7, 11) is 1.91. The second-order valence-electron chi connectivity index (χ2n) is 4.12. The normalized spacial score (nSPS) is 12.2. The van der Waals surface area contributed by atoms with E-state index in [0.29, 0.717) is 11.6 Å². The number of hydrogen-bond acceptors (Lipinski definition) is 3. The highest BCUT2D eigenvalue weighted by atomic mass is 35.5. The SMILES string of the molecule is CCOc1ccc(C(NC)c2ccncc2Cl)cc1. The molecule has 19 heavy (non-hydrogen) atoms. The predicted octanol–water partition coefficient (Wildman–Crippen LogP) is 3.44. The number of aromatic nitrogens is 1.